The van der Waals surface area contributed by atoms with E-state index in [1.54, 1.807) is 27.8 Å². The third-order valence-electron chi connectivity index (χ3n) is 24.3. The number of hydrogen-bond donors (Lipinski definition) is 2. The van der Waals surface area contributed by atoms with Crippen LogP contribution in [-0.2, 0) is 33.5 Å². The first-order chi connectivity index (χ1) is 40.1. The van der Waals surface area contributed by atoms with Crippen LogP contribution >= 0.6 is 0 Å². The Kier molecular flexibility index (Phi) is 33.1. The molecule has 506 valence electrons. The Morgan fingerprint density at radius 1 is 0.489 bits per heavy atom. The minimum atomic E-state index is 0. The van der Waals surface area contributed by atoms with Gasteiger partial charge in [0.05, 0.1) is 6.61 Å². The highest BCUT2D eigenvalue weighted by atomic mass is 16.5. The lowest BCUT2D eigenvalue weighted by Crippen LogP contribution is -2.45. The van der Waals surface area contributed by atoms with Gasteiger partial charge < -0.3 is 62.8 Å². The van der Waals surface area contributed by atoms with Gasteiger partial charge in [-0.3, -0.25) is 0 Å². The standard InChI is InChI=1S/2C24H36O2.C24H34O.C6H2.7H2O/c2*1-4-12-26-13-10-18-5-8-22-23-16(2)14-17-15-19(25)6-7-20(17)21(23)9-11-24(18,22)3;1-4-14-25-15-12-19-9-10-22-23-17(2)16-18-7-5-6-8-20(18)21(23)11-13-24(19,22)3;1-3-5-6-4-2;;;;;;;/h2*6-7,15-16,18,21-23,25H,4-5,8-14H2,1-3H3;5-8,12,17,21-23H,4,9-11,13-16H2,1-3H3;1-2H;7*1H2/b;;19-12+;;;;;;;;/t2*16-,18-,21?,22?,23?,24-;17-,21?,22?,23?,24-;;;;;;;;/m111......../s1. The van der Waals surface area contributed by atoms with Gasteiger partial charge in [0.1, 0.15) is 11.5 Å². The quantitative estimate of drug-likeness (QED) is 0.0901. The molecule has 12 nitrogen and oxygen atoms in total. The average Bonchev–Trinajstić information content (AvgIpc) is 1.43. The van der Waals surface area contributed by atoms with Crippen LogP contribution in [0.1, 0.15) is 223 Å². The fourth-order valence-corrected chi connectivity index (χ4v) is 20.6. The molecule has 0 spiro atoms. The highest BCUT2D eigenvalue weighted by Crippen LogP contribution is 2.67. The first-order valence-electron chi connectivity index (χ1n) is 33.7. The van der Waals surface area contributed by atoms with E-state index >= 15 is 0 Å². The summed E-state index contributed by atoms with van der Waals surface area (Å²) in [5.41, 5.74) is 12.4. The van der Waals surface area contributed by atoms with Crippen molar-refractivity contribution in [3.8, 4) is 48.0 Å². The number of phenolic OH excluding ortho intramolecular Hbond substituents is 2. The van der Waals surface area contributed by atoms with Gasteiger partial charge in [0.25, 0.3) is 0 Å². The topological polar surface area (TPSA) is 289 Å². The molecule has 0 heterocycles. The SMILES string of the molecule is C#CC#CC#C.CCCOC/C=C1\CCC2C3C(CC[C@]12C)c1ccccc1C[C@H]3C.CCCOCC[C@H]1CCC2C3C(CC[C@@]21C)c1ccc(O)cc1C[C@H]3C.CCCOCC[C@H]1CCC2C3C(CC[C@@]21C)c1ccc(O)cc1C[C@H]3C.O.O.O.O.O.O.O. The molecule has 0 radical (unpaired) electrons. The minimum Gasteiger partial charge on any atom is -0.508 e. The van der Waals surface area contributed by atoms with Crippen molar-refractivity contribution in [2.75, 3.05) is 39.6 Å². The van der Waals surface area contributed by atoms with Crippen molar-refractivity contribution in [1.29, 1.82) is 0 Å². The van der Waals surface area contributed by atoms with E-state index in [0.717, 1.165) is 143 Å². The summed E-state index contributed by atoms with van der Waals surface area (Å²) in [4.78, 5) is 0. The van der Waals surface area contributed by atoms with Crippen molar-refractivity contribution in [3.05, 3.63) is 106 Å². The summed E-state index contributed by atoms with van der Waals surface area (Å²) in [6, 6.07) is 21.6. The molecule has 6 fully saturated rings. The van der Waals surface area contributed by atoms with Gasteiger partial charge in [0.15, 0.2) is 0 Å². The van der Waals surface area contributed by atoms with Crippen LogP contribution in [0.2, 0.25) is 0 Å². The average molecular weight is 1250 g/mol. The van der Waals surface area contributed by atoms with E-state index < -0.39 is 0 Å². The van der Waals surface area contributed by atoms with Gasteiger partial charge >= 0.3 is 0 Å². The Morgan fingerprint density at radius 3 is 1.36 bits per heavy atom. The summed E-state index contributed by atoms with van der Waals surface area (Å²) in [6.07, 6.45) is 37.7. The van der Waals surface area contributed by atoms with Gasteiger partial charge in [-0.15, -0.1) is 12.8 Å². The first-order valence-corrected chi connectivity index (χ1v) is 33.7. The van der Waals surface area contributed by atoms with Crippen molar-refractivity contribution in [2.45, 2.75) is 208 Å². The fourth-order valence-electron chi connectivity index (χ4n) is 20.6. The van der Waals surface area contributed by atoms with E-state index in [-0.39, 0.29) is 38.3 Å². The second-order valence-corrected chi connectivity index (χ2v) is 28.7. The normalized spacial score (nSPS) is 33.1. The third kappa shape index (κ3) is 17.0. The molecule has 0 amide bonds. The summed E-state index contributed by atoms with van der Waals surface area (Å²) in [5, 5.41) is 19.8. The maximum Gasteiger partial charge on any atom is 0.115 e. The lowest BCUT2D eigenvalue weighted by Gasteiger charge is -2.53. The molecule has 0 aliphatic heterocycles. The molecule has 3 aromatic rings. The number of rotatable bonds is 14. The summed E-state index contributed by atoms with van der Waals surface area (Å²) in [5.74, 6) is 20.8. The second kappa shape index (κ2) is 36.7. The number of benzene rings is 3. The van der Waals surface area contributed by atoms with Crippen LogP contribution in [0.4, 0.5) is 0 Å². The summed E-state index contributed by atoms with van der Waals surface area (Å²) >= 11 is 0. The molecule has 6 saturated carbocycles. The molecule has 12 heteroatoms. The molecule has 0 bridgehead atoms. The van der Waals surface area contributed by atoms with Gasteiger partial charge in [-0.2, -0.15) is 0 Å². The molecule has 9 aliphatic carbocycles. The van der Waals surface area contributed by atoms with Crippen molar-refractivity contribution < 1.29 is 62.8 Å². The number of ether oxygens (including phenoxy) is 3. The molecule has 0 aromatic heterocycles. The predicted molar refractivity (Wildman–Crippen MR) is 369 cm³/mol. The molecular formula is C78H122O12. The van der Waals surface area contributed by atoms with Gasteiger partial charge in [0.2, 0.25) is 0 Å². The number of allylic oxidation sites excluding steroid dienone is 1. The zero-order valence-electron chi connectivity index (χ0n) is 56.6. The zero-order valence-corrected chi connectivity index (χ0v) is 56.6. The van der Waals surface area contributed by atoms with Crippen molar-refractivity contribution in [1.82, 2.24) is 0 Å². The van der Waals surface area contributed by atoms with E-state index in [4.69, 9.17) is 27.1 Å². The summed E-state index contributed by atoms with van der Waals surface area (Å²) in [7, 11) is 0. The highest BCUT2D eigenvalue weighted by molar-refractivity contribution is 5.43. The number of fused-ring (bicyclic) bond motifs is 15. The maximum atomic E-state index is 9.91. The number of hydrogen-bond acceptors (Lipinski definition) is 5. The van der Waals surface area contributed by atoms with Gasteiger partial charge in [0, 0.05) is 33.0 Å². The van der Waals surface area contributed by atoms with E-state index in [1.807, 2.05) is 24.3 Å². The first kappa shape index (κ1) is 81.4. The third-order valence-corrected chi connectivity index (χ3v) is 24.3. The molecule has 17 atom stereocenters. The van der Waals surface area contributed by atoms with Crippen LogP contribution in [0.3, 0.4) is 0 Å². The molecule has 16 N–H and O–H groups in total. The predicted octanol–water partition coefficient (Wildman–Crippen LogP) is 12.5. The van der Waals surface area contributed by atoms with Crippen molar-refractivity contribution >= 4 is 0 Å². The van der Waals surface area contributed by atoms with Crippen molar-refractivity contribution in [2.24, 2.45) is 81.3 Å². The monoisotopic (exact) mass is 1250 g/mol. The van der Waals surface area contributed by atoms with Crippen LogP contribution in [0.5, 0.6) is 11.5 Å². The van der Waals surface area contributed by atoms with Crippen LogP contribution in [0, 0.1) is 118 Å². The zero-order chi connectivity index (χ0) is 58.9. The van der Waals surface area contributed by atoms with E-state index in [2.05, 4.69) is 128 Å². The Hall–Kier alpha value is -4.72. The van der Waals surface area contributed by atoms with Gasteiger partial charge in [-0.05, 0) is 309 Å². The largest absolute Gasteiger partial charge is 0.508 e. The van der Waals surface area contributed by atoms with Gasteiger partial charge in [-0.25, -0.2) is 0 Å². The highest BCUT2D eigenvalue weighted by Gasteiger charge is 2.58. The summed E-state index contributed by atoms with van der Waals surface area (Å²) in [6.45, 7) is 27.2. The lowest BCUT2D eigenvalue weighted by atomic mass is 9.51. The van der Waals surface area contributed by atoms with Crippen LogP contribution in [0.25, 0.3) is 0 Å². The number of aromatic hydroxyl groups is 2. The molecule has 0 saturated heterocycles. The number of phenols is 2. The van der Waals surface area contributed by atoms with E-state index in [9.17, 15) is 10.2 Å². The van der Waals surface area contributed by atoms with Gasteiger partial charge in [-0.1, -0.05) is 110 Å². The Bertz CT molecular complexity index is 2690. The fraction of sp³-hybridized carbons (Fsp3) is 0.667. The Balaban J connectivity index is 0.000000424. The molecule has 90 heavy (non-hydrogen) atoms. The molecular weight excluding hydrogens is 1130 g/mol. The van der Waals surface area contributed by atoms with Crippen molar-refractivity contribution in [3.63, 3.8) is 0 Å². The molecule has 9 aliphatic rings. The van der Waals surface area contributed by atoms with Crippen LogP contribution in [0.15, 0.2) is 72.3 Å². The Morgan fingerprint density at radius 2 is 0.900 bits per heavy atom. The maximum absolute atomic E-state index is 9.91. The van der Waals surface area contributed by atoms with Crippen LogP contribution in [-0.4, -0.2) is 88.2 Å². The van der Waals surface area contributed by atoms with E-state index in [1.165, 1.54) is 107 Å². The second-order valence-electron chi connectivity index (χ2n) is 28.7. The van der Waals surface area contributed by atoms with E-state index in [0.29, 0.717) is 39.6 Å². The smallest absolute Gasteiger partial charge is 0.115 e. The Labute approximate surface area is 543 Å². The lowest BCUT2D eigenvalue weighted by molar-refractivity contribution is -0.00423. The molecule has 9 unspecified atom stereocenters. The molecule has 3 aromatic carbocycles. The minimum absolute atomic E-state index is 0. The summed E-state index contributed by atoms with van der Waals surface area (Å²) < 4.78 is 17.4. The molecule has 12 rings (SSSR count). The van der Waals surface area contributed by atoms with Crippen LogP contribution < -0.4 is 0 Å². The number of terminal acetylenes is 2.